The second-order valence-corrected chi connectivity index (χ2v) is 6.61. The Bertz CT molecular complexity index is 644. The van der Waals surface area contributed by atoms with Crippen molar-refractivity contribution in [2.45, 2.75) is 45.6 Å². The number of piperidine rings is 1. The van der Waals surface area contributed by atoms with Gasteiger partial charge in [-0.2, -0.15) is 0 Å². The van der Waals surface area contributed by atoms with E-state index in [9.17, 15) is 14.4 Å². The van der Waals surface area contributed by atoms with Crippen LogP contribution in [0.5, 0.6) is 0 Å². The first-order chi connectivity index (χ1) is 11.9. The number of hydrogen-bond donors (Lipinski definition) is 2. The normalized spacial score (nSPS) is 20.2. The summed E-state index contributed by atoms with van der Waals surface area (Å²) in [5, 5.41) is 12.0. The number of likely N-dealkylation sites (tertiary alicyclic amines) is 1. The maximum Gasteiger partial charge on any atom is 0.335 e. The number of nitrogens with one attached hydrogen (secondary N) is 1. The molecule has 1 fully saturated rings. The molecule has 0 aliphatic carbocycles. The molecule has 2 unspecified atom stereocenters. The molecule has 0 bridgehead atoms. The van der Waals surface area contributed by atoms with Crippen LogP contribution >= 0.6 is 0 Å². The smallest absolute Gasteiger partial charge is 0.335 e. The molecule has 1 aliphatic heterocycles. The second kappa shape index (κ2) is 8.65. The van der Waals surface area contributed by atoms with Crippen LogP contribution in [0, 0.1) is 5.92 Å². The van der Waals surface area contributed by atoms with E-state index in [0.29, 0.717) is 18.7 Å². The van der Waals surface area contributed by atoms with Crippen molar-refractivity contribution in [2.24, 2.45) is 5.92 Å². The van der Waals surface area contributed by atoms with E-state index in [1.807, 2.05) is 6.92 Å². The first-order valence-corrected chi connectivity index (χ1v) is 8.86. The molecule has 1 saturated heterocycles. The van der Waals surface area contributed by atoms with Gasteiger partial charge >= 0.3 is 5.97 Å². The quantitative estimate of drug-likeness (QED) is 0.775. The summed E-state index contributed by atoms with van der Waals surface area (Å²) >= 11 is 0. The van der Waals surface area contributed by atoms with E-state index in [4.69, 9.17) is 5.11 Å². The Balaban J connectivity index is 2.08. The third kappa shape index (κ3) is 4.81. The minimum absolute atomic E-state index is 0.00237. The Kier molecular flexibility index (Phi) is 6.56. The molecule has 1 aromatic carbocycles. The van der Waals surface area contributed by atoms with Gasteiger partial charge in [0.2, 0.25) is 5.91 Å². The van der Waals surface area contributed by atoms with Crippen LogP contribution in [0.25, 0.3) is 0 Å². The summed E-state index contributed by atoms with van der Waals surface area (Å²) in [5.41, 5.74) is 0.433. The number of carbonyl (C=O) groups excluding carboxylic acids is 2. The number of carboxylic acids is 1. The van der Waals surface area contributed by atoms with Gasteiger partial charge in [-0.25, -0.2) is 4.79 Å². The number of aromatic carboxylic acids is 1. The molecule has 1 heterocycles. The molecule has 25 heavy (non-hydrogen) atoms. The van der Waals surface area contributed by atoms with Gasteiger partial charge in [-0.05, 0) is 44.4 Å². The Morgan fingerprint density at radius 1 is 1.24 bits per heavy atom. The summed E-state index contributed by atoms with van der Waals surface area (Å²) in [4.78, 5) is 37.9. The van der Waals surface area contributed by atoms with Crippen LogP contribution < -0.4 is 5.32 Å². The topological polar surface area (TPSA) is 86.7 Å². The second-order valence-electron chi connectivity index (χ2n) is 6.61. The predicted molar refractivity (Wildman–Crippen MR) is 94.5 cm³/mol. The molecule has 2 rings (SSSR count). The fourth-order valence-corrected chi connectivity index (χ4v) is 3.09. The molecule has 1 aromatic rings. The standard InChI is InChI=1S/C19H26N2O4/c1-3-4-10-20-17(22)16-9-8-13(2)21(12-16)18(23)14-6-5-7-15(11-14)19(24)25/h5-7,11,13,16H,3-4,8-10,12H2,1-2H3,(H,20,22)(H,24,25). The van der Waals surface area contributed by atoms with Crippen LogP contribution in [-0.4, -0.2) is 46.9 Å². The molecule has 0 saturated carbocycles. The van der Waals surface area contributed by atoms with Gasteiger partial charge < -0.3 is 15.3 Å². The highest BCUT2D eigenvalue weighted by molar-refractivity contribution is 5.98. The lowest BCUT2D eigenvalue weighted by atomic mass is 9.92. The van der Waals surface area contributed by atoms with Crippen LogP contribution in [0.3, 0.4) is 0 Å². The van der Waals surface area contributed by atoms with Crippen molar-refractivity contribution in [1.82, 2.24) is 10.2 Å². The Morgan fingerprint density at radius 3 is 2.64 bits per heavy atom. The summed E-state index contributed by atoms with van der Waals surface area (Å²) in [5.74, 6) is -1.49. The van der Waals surface area contributed by atoms with E-state index in [1.165, 1.54) is 12.1 Å². The molecular weight excluding hydrogens is 320 g/mol. The number of unbranched alkanes of at least 4 members (excludes halogenated alkanes) is 1. The van der Waals surface area contributed by atoms with Crippen molar-refractivity contribution in [3.05, 3.63) is 35.4 Å². The van der Waals surface area contributed by atoms with E-state index in [2.05, 4.69) is 12.2 Å². The minimum atomic E-state index is -1.06. The third-order valence-corrected chi connectivity index (χ3v) is 4.70. The van der Waals surface area contributed by atoms with Crippen LogP contribution in [0.4, 0.5) is 0 Å². The van der Waals surface area contributed by atoms with Crippen LogP contribution in [0.15, 0.2) is 24.3 Å². The Hall–Kier alpha value is -2.37. The average molecular weight is 346 g/mol. The van der Waals surface area contributed by atoms with E-state index < -0.39 is 5.97 Å². The van der Waals surface area contributed by atoms with Gasteiger partial charge in [0.05, 0.1) is 11.5 Å². The van der Waals surface area contributed by atoms with Crippen LogP contribution in [0.1, 0.15) is 60.2 Å². The number of amides is 2. The summed E-state index contributed by atoms with van der Waals surface area (Å²) in [6, 6.07) is 6.07. The lowest BCUT2D eigenvalue weighted by Crippen LogP contribution is -2.49. The monoisotopic (exact) mass is 346 g/mol. The molecular formula is C19H26N2O4. The van der Waals surface area contributed by atoms with Gasteiger partial charge in [-0.15, -0.1) is 0 Å². The van der Waals surface area contributed by atoms with Crippen LogP contribution in [0.2, 0.25) is 0 Å². The van der Waals surface area contributed by atoms with E-state index >= 15 is 0 Å². The maximum absolute atomic E-state index is 12.8. The number of hydrogen-bond acceptors (Lipinski definition) is 3. The number of carbonyl (C=O) groups is 3. The molecule has 0 radical (unpaired) electrons. The average Bonchev–Trinajstić information content (AvgIpc) is 2.61. The highest BCUT2D eigenvalue weighted by Gasteiger charge is 2.33. The Morgan fingerprint density at radius 2 is 1.96 bits per heavy atom. The van der Waals surface area contributed by atoms with Crippen molar-refractivity contribution in [2.75, 3.05) is 13.1 Å². The summed E-state index contributed by atoms with van der Waals surface area (Å²) in [6.45, 7) is 5.06. The number of nitrogens with zero attached hydrogens (tertiary/aromatic N) is 1. The van der Waals surface area contributed by atoms with Gasteiger partial charge in [0, 0.05) is 24.7 Å². The van der Waals surface area contributed by atoms with Gasteiger partial charge in [0.1, 0.15) is 0 Å². The van der Waals surface area contributed by atoms with E-state index in [1.54, 1.807) is 17.0 Å². The number of benzene rings is 1. The van der Waals surface area contributed by atoms with Crippen LogP contribution in [-0.2, 0) is 4.79 Å². The highest BCUT2D eigenvalue weighted by atomic mass is 16.4. The maximum atomic E-state index is 12.8. The molecule has 136 valence electrons. The SMILES string of the molecule is CCCCNC(=O)C1CCC(C)N(C(=O)c2cccc(C(=O)O)c2)C1. The zero-order chi connectivity index (χ0) is 18.4. The highest BCUT2D eigenvalue weighted by Crippen LogP contribution is 2.24. The zero-order valence-corrected chi connectivity index (χ0v) is 14.8. The van der Waals surface area contributed by atoms with Crippen molar-refractivity contribution >= 4 is 17.8 Å². The van der Waals surface area contributed by atoms with Gasteiger partial charge in [0.15, 0.2) is 0 Å². The van der Waals surface area contributed by atoms with Crippen molar-refractivity contribution in [3.8, 4) is 0 Å². The zero-order valence-electron chi connectivity index (χ0n) is 14.8. The summed E-state index contributed by atoms with van der Waals surface area (Å²) in [6.07, 6.45) is 3.49. The largest absolute Gasteiger partial charge is 0.478 e. The fourth-order valence-electron chi connectivity index (χ4n) is 3.09. The number of rotatable bonds is 6. The van der Waals surface area contributed by atoms with E-state index in [-0.39, 0.29) is 29.3 Å². The lowest BCUT2D eigenvalue weighted by Gasteiger charge is -2.37. The number of carboxylic acid groups (broad SMARTS) is 1. The van der Waals surface area contributed by atoms with Crippen molar-refractivity contribution < 1.29 is 19.5 Å². The predicted octanol–water partition coefficient (Wildman–Crippen LogP) is 2.54. The first kappa shape index (κ1) is 19.0. The Labute approximate surface area is 148 Å². The molecule has 6 heteroatoms. The molecule has 0 spiro atoms. The molecule has 0 aromatic heterocycles. The van der Waals surface area contributed by atoms with E-state index in [0.717, 1.165) is 25.7 Å². The fraction of sp³-hybridized carbons (Fsp3) is 0.526. The minimum Gasteiger partial charge on any atom is -0.478 e. The van der Waals surface area contributed by atoms with Gasteiger partial charge in [-0.1, -0.05) is 19.4 Å². The molecule has 2 atom stereocenters. The lowest BCUT2D eigenvalue weighted by molar-refractivity contribution is -0.126. The summed E-state index contributed by atoms with van der Waals surface area (Å²) in [7, 11) is 0. The molecule has 2 amide bonds. The van der Waals surface area contributed by atoms with Crippen molar-refractivity contribution in [3.63, 3.8) is 0 Å². The molecule has 1 aliphatic rings. The third-order valence-electron chi connectivity index (χ3n) is 4.70. The van der Waals surface area contributed by atoms with Gasteiger partial charge in [0.25, 0.3) is 5.91 Å². The molecule has 6 nitrogen and oxygen atoms in total. The van der Waals surface area contributed by atoms with Gasteiger partial charge in [-0.3, -0.25) is 9.59 Å². The van der Waals surface area contributed by atoms with Crippen molar-refractivity contribution in [1.29, 1.82) is 0 Å². The summed E-state index contributed by atoms with van der Waals surface area (Å²) < 4.78 is 0. The molecule has 2 N–H and O–H groups in total. The first-order valence-electron chi connectivity index (χ1n) is 8.86.